The van der Waals surface area contributed by atoms with Gasteiger partial charge in [0, 0.05) is 12.3 Å². The molecule has 1 atom stereocenters. The van der Waals surface area contributed by atoms with Crippen molar-refractivity contribution in [3.8, 4) is 11.5 Å². The number of hydrogen-bond donors (Lipinski definition) is 1. The Bertz CT molecular complexity index is 952. The number of hydrazone groups is 1. The van der Waals surface area contributed by atoms with Crippen molar-refractivity contribution in [2.75, 3.05) is 13.3 Å². The summed E-state index contributed by atoms with van der Waals surface area (Å²) in [5.41, 5.74) is 1.81. The third-order valence-corrected chi connectivity index (χ3v) is 6.03. The molecule has 1 fully saturated rings. The molecule has 2 aromatic rings. The van der Waals surface area contributed by atoms with Crippen LogP contribution in [0.5, 0.6) is 11.5 Å². The van der Waals surface area contributed by atoms with E-state index in [1.807, 2.05) is 35.7 Å². The molecule has 144 valence electrons. The molecule has 1 unspecified atom stereocenters. The maximum atomic E-state index is 12.9. The van der Waals surface area contributed by atoms with Crippen molar-refractivity contribution in [3.05, 3.63) is 46.2 Å². The third kappa shape index (κ3) is 3.24. The zero-order valence-electron chi connectivity index (χ0n) is 15.1. The van der Waals surface area contributed by atoms with Crippen molar-refractivity contribution in [2.24, 2.45) is 11.0 Å². The van der Waals surface area contributed by atoms with E-state index >= 15 is 0 Å². The van der Waals surface area contributed by atoms with E-state index in [4.69, 9.17) is 9.47 Å². The topological polar surface area (TPSA) is 80.2 Å². The number of carbonyl (C=O) groups excluding carboxylic acids is 2. The minimum atomic E-state index is -0.239. The van der Waals surface area contributed by atoms with Gasteiger partial charge < -0.3 is 14.8 Å². The predicted molar refractivity (Wildman–Crippen MR) is 103 cm³/mol. The number of nitrogens with zero attached hydrogens (tertiary/aromatic N) is 2. The van der Waals surface area contributed by atoms with Gasteiger partial charge >= 0.3 is 0 Å². The second kappa shape index (κ2) is 6.94. The fourth-order valence-electron chi connectivity index (χ4n) is 3.45. The molecule has 1 N–H and O–H groups in total. The van der Waals surface area contributed by atoms with Crippen LogP contribution in [0.25, 0.3) is 0 Å². The number of hydrogen-bond acceptors (Lipinski definition) is 6. The zero-order valence-corrected chi connectivity index (χ0v) is 15.9. The van der Waals surface area contributed by atoms with E-state index in [1.165, 1.54) is 5.01 Å². The molecule has 8 heteroatoms. The van der Waals surface area contributed by atoms with Crippen molar-refractivity contribution in [1.29, 1.82) is 0 Å². The van der Waals surface area contributed by atoms with E-state index in [9.17, 15) is 9.59 Å². The van der Waals surface area contributed by atoms with Crippen molar-refractivity contribution in [1.82, 2.24) is 10.3 Å². The molecule has 1 saturated carbocycles. The highest BCUT2D eigenvalue weighted by Gasteiger charge is 2.35. The Balaban J connectivity index is 1.39. The Morgan fingerprint density at radius 2 is 2.07 bits per heavy atom. The van der Waals surface area contributed by atoms with E-state index in [2.05, 4.69) is 10.4 Å². The van der Waals surface area contributed by atoms with Gasteiger partial charge in [-0.1, -0.05) is 12.1 Å². The first kappa shape index (κ1) is 17.2. The molecule has 3 heterocycles. The third-order valence-electron chi connectivity index (χ3n) is 5.11. The van der Waals surface area contributed by atoms with Crippen molar-refractivity contribution in [2.45, 2.75) is 25.3 Å². The van der Waals surface area contributed by atoms with Crippen molar-refractivity contribution >= 4 is 28.9 Å². The number of carbonyl (C=O) groups is 2. The number of thiophene rings is 1. The van der Waals surface area contributed by atoms with Crippen LogP contribution in [0.15, 0.2) is 40.8 Å². The molecule has 0 bridgehead atoms. The van der Waals surface area contributed by atoms with Crippen LogP contribution in [-0.2, 0) is 9.59 Å². The first-order valence-corrected chi connectivity index (χ1v) is 10.2. The standard InChI is InChI=1S/C20H19N3O4S/c24-19(10-21-20(25)12-3-4-12)23-15(9-14(22-23)18-2-1-7-28-18)13-5-6-16-17(8-13)27-11-26-16/h1-2,5-8,12,15H,3-4,9-11H2,(H,21,25). The van der Waals surface area contributed by atoms with E-state index in [0.717, 1.165) is 29.0 Å². The van der Waals surface area contributed by atoms with Crippen LogP contribution in [0.1, 0.15) is 35.7 Å². The zero-order chi connectivity index (χ0) is 19.1. The van der Waals surface area contributed by atoms with Gasteiger partial charge in [-0.05, 0) is 42.0 Å². The molecule has 0 spiro atoms. The van der Waals surface area contributed by atoms with Crippen LogP contribution < -0.4 is 14.8 Å². The summed E-state index contributed by atoms with van der Waals surface area (Å²) in [6, 6.07) is 9.44. The van der Waals surface area contributed by atoms with Gasteiger partial charge in [-0.25, -0.2) is 5.01 Å². The van der Waals surface area contributed by atoms with Gasteiger partial charge in [0.15, 0.2) is 11.5 Å². The van der Waals surface area contributed by atoms with E-state index in [-0.39, 0.29) is 37.1 Å². The number of rotatable bonds is 5. The first-order chi connectivity index (χ1) is 13.7. The van der Waals surface area contributed by atoms with Gasteiger partial charge in [-0.2, -0.15) is 5.10 Å². The molecule has 2 amide bonds. The molecule has 2 aliphatic heterocycles. The quantitative estimate of drug-likeness (QED) is 0.841. The molecular weight excluding hydrogens is 378 g/mol. The minimum absolute atomic E-state index is 0.0440. The van der Waals surface area contributed by atoms with Crippen LogP contribution in [0.2, 0.25) is 0 Å². The van der Waals surface area contributed by atoms with Crippen LogP contribution in [0.3, 0.4) is 0 Å². The average Bonchev–Trinajstić information content (AvgIpc) is 3.13. The first-order valence-electron chi connectivity index (χ1n) is 9.30. The van der Waals surface area contributed by atoms with E-state index in [1.54, 1.807) is 11.3 Å². The van der Waals surface area contributed by atoms with Gasteiger partial charge in [-0.3, -0.25) is 9.59 Å². The molecule has 0 radical (unpaired) electrons. The Hall–Kier alpha value is -2.87. The summed E-state index contributed by atoms with van der Waals surface area (Å²) in [5, 5.41) is 10.8. The molecule has 28 heavy (non-hydrogen) atoms. The maximum absolute atomic E-state index is 12.9. The van der Waals surface area contributed by atoms with E-state index < -0.39 is 0 Å². The number of benzene rings is 1. The lowest BCUT2D eigenvalue weighted by Crippen LogP contribution is -2.38. The Morgan fingerprint density at radius 1 is 1.21 bits per heavy atom. The maximum Gasteiger partial charge on any atom is 0.262 e. The highest BCUT2D eigenvalue weighted by Crippen LogP contribution is 2.39. The highest BCUT2D eigenvalue weighted by atomic mass is 32.1. The van der Waals surface area contributed by atoms with Gasteiger partial charge in [-0.15, -0.1) is 11.3 Å². The van der Waals surface area contributed by atoms with Gasteiger partial charge in [0.05, 0.1) is 23.2 Å². The largest absolute Gasteiger partial charge is 0.454 e. The van der Waals surface area contributed by atoms with Gasteiger partial charge in [0.25, 0.3) is 5.91 Å². The van der Waals surface area contributed by atoms with Crippen LogP contribution in [0.4, 0.5) is 0 Å². The second-order valence-electron chi connectivity index (χ2n) is 7.09. The lowest BCUT2D eigenvalue weighted by molar-refractivity contribution is -0.134. The minimum Gasteiger partial charge on any atom is -0.454 e. The van der Waals surface area contributed by atoms with Gasteiger partial charge in [0.2, 0.25) is 12.7 Å². The molecule has 3 aliphatic rings. The molecule has 1 aliphatic carbocycles. The van der Waals surface area contributed by atoms with Crippen LogP contribution in [0, 0.1) is 5.92 Å². The van der Waals surface area contributed by atoms with Crippen molar-refractivity contribution < 1.29 is 19.1 Å². The predicted octanol–water partition coefficient (Wildman–Crippen LogP) is 2.68. The Morgan fingerprint density at radius 3 is 2.86 bits per heavy atom. The number of amides is 2. The summed E-state index contributed by atoms with van der Waals surface area (Å²) >= 11 is 1.60. The summed E-state index contributed by atoms with van der Waals surface area (Å²) < 4.78 is 10.9. The fraction of sp³-hybridized carbons (Fsp3) is 0.350. The molecular formula is C20H19N3O4S. The summed E-state index contributed by atoms with van der Waals surface area (Å²) in [4.78, 5) is 25.8. The SMILES string of the molecule is O=C(NCC(=O)N1N=C(c2cccs2)CC1c1ccc2c(c1)OCO2)C1CC1. The summed E-state index contributed by atoms with van der Waals surface area (Å²) in [6.07, 6.45) is 2.43. The molecule has 7 nitrogen and oxygen atoms in total. The molecule has 1 aromatic heterocycles. The monoisotopic (exact) mass is 397 g/mol. The average molecular weight is 397 g/mol. The number of ether oxygens (including phenoxy) is 2. The normalized spacial score (nSPS) is 20.2. The number of fused-ring (bicyclic) bond motifs is 1. The van der Waals surface area contributed by atoms with Crippen LogP contribution in [-0.4, -0.2) is 35.9 Å². The second-order valence-corrected chi connectivity index (χ2v) is 8.03. The molecule has 0 saturated heterocycles. The summed E-state index contributed by atoms with van der Waals surface area (Å²) in [6.45, 7) is 0.161. The Kier molecular flexibility index (Phi) is 4.27. The van der Waals surface area contributed by atoms with Crippen molar-refractivity contribution in [3.63, 3.8) is 0 Å². The lowest BCUT2D eigenvalue weighted by Gasteiger charge is -2.22. The summed E-state index contributed by atoms with van der Waals surface area (Å²) in [7, 11) is 0. The summed E-state index contributed by atoms with van der Waals surface area (Å²) in [5.74, 6) is 1.19. The highest BCUT2D eigenvalue weighted by molar-refractivity contribution is 7.12. The lowest BCUT2D eigenvalue weighted by atomic mass is 10.0. The smallest absolute Gasteiger partial charge is 0.262 e. The van der Waals surface area contributed by atoms with Crippen LogP contribution >= 0.6 is 11.3 Å². The fourth-order valence-corrected chi connectivity index (χ4v) is 4.17. The molecule has 5 rings (SSSR count). The van der Waals surface area contributed by atoms with Gasteiger partial charge in [0.1, 0.15) is 0 Å². The van der Waals surface area contributed by atoms with E-state index in [0.29, 0.717) is 17.9 Å². The number of nitrogens with one attached hydrogen (secondary N) is 1. The Labute approximate surface area is 165 Å². The molecule has 1 aromatic carbocycles.